The lowest BCUT2D eigenvalue weighted by atomic mass is 10.1. The van der Waals surface area contributed by atoms with Crippen LogP contribution in [-0.4, -0.2) is 16.5 Å². The van der Waals surface area contributed by atoms with Crippen LogP contribution in [0.25, 0.3) is 20.7 Å². The minimum atomic E-state index is 0.853. The van der Waals surface area contributed by atoms with E-state index in [0.29, 0.717) is 0 Å². The lowest BCUT2D eigenvalue weighted by molar-refractivity contribution is 1.01. The van der Waals surface area contributed by atoms with Gasteiger partial charge in [0, 0.05) is 11.4 Å². The lowest BCUT2D eigenvalue weighted by Crippen LogP contribution is -2.06. The number of hydrogen-bond donors (Lipinski definition) is 1. The van der Waals surface area contributed by atoms with E-state index in [-0.39, 0.29) is 0 Å². The van der Waals surface area contributed by atoms with E-state index in [9.17, 15) is 0 Å². The molecular formula is C21H19N3S. The third kappa shape index (κ3) is 3.54. The number of rotatable bonds is 5. The average molecular weight is 345 g/mol. The first-order valence-corrected chi connectivity index (χ1v) is 9.20. The summed E-state index contributed by atoms with van der Waals surface area (Å²) in [4.78, 5) is 11.1. The van der Waals surface area contributed by atoms with Crippen LogP contribution in [0.3, 0.4) is 0 Å². The summed E-state index contributed by atoms with van der Waals surface area (Å²) in [6, 6.07) is 21.3. The van der Waals surface area contributed by atoms with Gasteiger partial charge in [0.1, 0.15) is 17.0 Å². The summed E-state index contributed by atoms with van der Waals surface area (Å²) in [5.74, 6) is 0.913. The lowest BCUT2D eigenvalue weighted by Gasteiger charge is -2.06. The molecule has 2 aromatic heterocycles. The molecule has 0 aliphatic rings. The van der Waals surface area contributed by atoms with Gasteiger partial charge in [-0.05, 0) is 30.5 Å². The molecule has 0 aliphatic carbocycles. The largest absolute Gasteiger partial charge is 0.369 e. The van der Waals surface area contributed by atoms with Crippen LogP contribution >= 0.6 is 11.3 Å². The maximum Gasteiger partial charge on any atom is 0.138 e. The van der Waals surface area contributed by atoms with E-state index in [2.05, 4.69) is 76.8 Å². The van der Waals surface area contributed by atoms with Crippen molar-refractivity contribution in [3.05, 3.63) is 78.1 Å². The summed E-state index contributed by atoms with van der Waals surface area (Å²) in [6.07, 6.45) is 2.61. The molecule has 0 spiro atoms. The third-order valence-electron chi connectivity index (χ3n) is 4.21. The molecule has 0 unspecified atom stereocenters. The highest BCUT2D eigenvalue weighted by atomic mass is 32.1. The van der Waals surface area contributed by atoms with Crippen LogP contribution in [-0.2, 0) is 6.42 Å². The average Bonchev–Trinajstić information content (AvgIpc) is 3.09. The van der Waals surface area contributed by atoms with Crippen LogP contribution in [0.1, 0.15) is 11.1 Å². The third-order valence-corrected chi connectivity index (χ3v) is 5.31. The Morgan fingerprint density at radius 1 is 0.960 bits per heavy atom. The molecule has 0 saturated heterocycles. The van der Waals surface area contributed by atoms with Crippen LogP contribution in [0.4, 0.5) is 5.82 Å². The molecule has 0 amide bonds. The maximum atomic E-state index is 4.44. The number of thiophene rings is 1. The monoisotopic (exact) mass is 345 g/mol. The Morgan fingerprint density at radius 3 is 2.56 bits per heavy atom. The Balaban J connectivity index is 1.53. The molecule has 25 heavy (non-hydrogen) atoms. The van der Waals surface area contributed by atoms with Crippen molar-refractivity contribution in [2.24, 2.45) is 0 Å². The molecule has 2 aromatic carbocycles. The normalized spacial score (nSPS) is 10.9. The maximum absolute atomic E-state index is 4.44. The highest BCUT2D eigenvalue weighted by molar-refractivity contribution is 7.21. The Labute approximate surface area is 151 Å². The van der Waals surface area contributed by atoms with E-state index >= 15 is 0 Å². The molecule has 0 atom stereocenters. The Kier molecular flexibility index (Phi) is 4.44. The van der Waals surface area contributed by atoms with Crippen LogP contribution in [0.2, 0.25) is 0 Å². The molecule has 4 heteroatoms. The van der Waals surface area contributed by atoms with Crippen molar-refractivity contribution in [2.75, 3.05) is 11.9 Å². The topological polar surface area (TPSA) is 37.8 Å². The van der Waals surface area contributed by atoms with Crippen LogP contribution in [0, 0.1) is 6.92 Å². The number of nitrogens with one attached hydrogen (secondary N) is 1. The second kappa shape index (κ2) is 7.03. The van der Waals surface area contributed by atoms with Crippen molar-refractivity contribution < 1.29 is 0 Å². The Hall–Kier alpha value is -2.72. The molecule has 0 saturated carbocycles. The van der Waals surface area contributed by atoms with Crippen LogP contribution in [0.15, 0.2) is 67.0 Å². The summed E-state index contributed by atoms with van der Waals surface area (Å²) in [5, 5.41) is 4.56. The predicted octanol–water partition coefficient (Wildman–Crippen LogP) is 5.32. The number of nitrogens with zero attached hydrogens (tertiary/aromatic N) is 2. The van der Waals surface area contributed by atoms with Crippen molar-refractivity contribution in [3.63, 3.8) is 0 Å². The number of aromatic nitrogens is 2. The minimum Gasteiger partial charge on any atom is -0.369 e. The number of anilines is 1. The van der Waals surface area contributed by atoms with Gasteiger partial charge in [-0.1, -0.05) is 60.2 Å². The fourth-order valence-electron chi connectivity index (χ4n) is 2.82. The van der Waals surface area contributed by atoms with Crippen LogP contribution in [0.5, 0.6) is 0 Å². The molecule has 0 aliphatic heterocycles. The van der Waals surface area contributed by atoms with Gasteiger partial charge in [0.05, 0.1) is 5.39 Å². The quantitative estimate of drug-likeness (QED) is 0.532. The first-order chi connectivity index (χ1) is 12.3. The first-order valence-electron chi connectivity index (χ1n) is 8.39. The van der Waals surface area contributed by atoms with E-state index in [0.717, 1.165) is 29.0 Å². The van der Waals surface area contributed by atoms with E-state index in [1.807, 2.05) is 6.07 Å². The summed E-state index contributed by atoms with van der Waals surface area (Å²) in [7, 11) is 0. The molecule has 0 radical (unpaired) electrons. The number of benzene rings is 2. The van der Waals surface area contributed by atoms with Gasteiger partial charge in [0.2, 0.25) is 0 Å². The number of aryl methyl sites for hydroxylation is 1. The van der Waals surface area contributed by atoms with Crippen molar-refractivity contribution in [3.8, 4) is 10.4 Å². The number of hydrogen-bond acceptors (Lipinski definition) is 4. The molecule has 0 bridgehead atoms. The SMILES string of the molecule is Cc1ccc(CCNc2ncnc3sc(-c4ccccc4)cc23)cc1. The second-order valence-electron chi connectivity index (χ2n) is 6.08. The zero-order valence-corrected chi connectivity index (χ0v) is 14.9. The highest BCUT2D eigenvalue weighted by Gasteiger charge is 2.09. The molecule has 0 fully saturated rings. The molecule has 2 heterocycles. The van der Waals surface area contributed by atoms with Gasteiger partial charge >= 0.3 is 0 Å². The molecule has 4 aromatic rings. The van der Waals surface area contributed by atoms with E-state index in [1.54, 1.807) is 17.7 Å². The summed E-state index contributed by atoms with van der Waals surface area (Å²) >= 11 is 1.70. The van der Waals surface area contributed by atoms with Crippen molar-refractivity contribution in [1.82, 2.24) is 9.97 Å². The molecule has 1 N–H and O–H groups in total. The zero-order valence-electron chi connectivity index (χ0n) is 14.1. The van der Waals surface area contributed by atoms with Gasteiger partial charge in [0.15, 0.2) is 0 Å². The van der Waals surface area contributed by atoms with Crippen molar-refractivity contribution in [1.29, 1.82) is 0 Å². The summed E-state index contributed by atoms with van der Waals surface area (Å²) < 4.78 is 0. The first kappa shape index (κ1) is 15.8. The van der Waals surface area contributed by atoms with Gasteiger partial charge in [-0.3, -0.25) is 0 Å². The molecule has 3 nitrogen and oxygen atoms in total. The summed E-state index contributed by atoms with van der Waals surface area (Å²) in [6.45, 7) is 2.96. The zero-order chi connectivity index (χ0) is 17.1. The highest BCUT2D eigenvalue weighted by Crippen LogP contribution is 2.34. The van der Waals surface area contributed by atoms with Gasteiger partial charge in [-0.2, -0.15) is 0 Å². The van der Waals surface area contributed by atoms with Crippen LogP contribution < -0.4 is 5.32 Å². The fourth-order valence-corrected chi connectivity index (χ4v) is 3.83. The van der Waals surface area contributed by atoms with Gasteiger partial charge in [-0.25, -0.2) is 9.97 Å². The number of fused-ring (bicyclic) bond motifs is 1. The fraction of sp³-hybridized carbons (Fsp3) is 0.143. The van der Waals surface area contributed by atoms with Crippen molar-refractivity contribution in [2.45, 2.75) is 13.3 Å². The minimum absolute atomic E-state index is 0.853. The van der Waals surface area contributed by atoms with E-state index in [1.165, 1.54) is 21.6 Å². The van der Waals surface area contributed by atoms with Gasteiger partial charge < -0.3 is 5.32 Å². The molecule has 124 valence electrons. The Morgan fingerprint density at radius 2 is 1.76 bits per heavy atom. The van der Waals surface area contributed by atoms with Crippen molar-refractivity contribution >= 4 is 27.4 Å². The standard InChI is InChI=1S/C21H19N3S/c1-15-7-9-16(10-8-15)11-12-22-20-18-13-19(17-5-3-2-4-6-17)25-21(18)24-14-23-20/h2-10,13-14H,11-12H2,1H3,(H,22,23,24). The molecule has 4 rings (SSSR count). The summed E-state index contributed by atoms with van der Waals surface area (Å²) in [5.41, 5.74) is 3.84. The van der Waals surface area contributed by atoms with Gasteiger partial charge in [-0.15, -0.1) is 11.3 Å². The smallest absolute Gasteiger partial charge is 0.138 e. The second-order valence-corrected chi connectivity index (χ2v) is 7.11. The van der Waals surface area contributed by atoms with E-state index < -0.39 is 0 Å². The van der Waals surface area contributed by atoms with Gasteiger partial charge in [0.25, 0.3) is 0 Å². The molecular weight excluding hydrogens is 326 g/mol. The Bertz CT molecular complexity index is 975. The predicted molar refractivity (Wildman–Crippen MR) is 106 cm³/mol. The van der Waals surface area contributed by atoms with E-state index in [4.69, 9.17) is 0 Å².